The van der Waals surface area contributed by atoms with Gasteiger partial charge in [-0.2, -0.15) is 10.5 Å². The molecule has 0 atom stereocenters. The van der Waals surface area contributed by atoms with E-state index in [0.29, 0.717) is 4.90 Å². The summed E-state index contributed by atoms with van der Waals surface area (Å²) in [5.74, 6) is -0.662. The number of amides is 1. The molecule has 0 aliphatic carbocycles. The van der Waals surface area contributed by atoms with Crippen LogP contribution in [0.1, 0.15) is 6.92 Å². The summed E-state index contributed by atoms with van der Waals surface area (Å²) in [4.78, 5) is 11.0. The van der Waals surface area contributed by atoms with Gasteiger partial charge in [-0.25, -0.2) is 0 Å². The van der Waals surface area contributed by atoms with Gasteiger partial charge in [0.25, 0.3) is 5.91 Å². The largest absolute Gasteiger partial charge is 0.275 e. The van der Waals surface area contributed by atoms with Crippen molar-refractivity contribution in [2.24, 2.45) is 0 Å². The average Bonchev–Trinajstić information content (AvgIpc) is 1.90. The van der Waals surface area contributed by atoms with Crippen molar-refractivity contribution < 1.29 is 4.79 Å². The summed E-state index contributed by atoms with van der Waals surface area (Å²) in [5, 5.41) is 16.3. The maximum absolute atomic E-state index is 10.7. The van der Waals surface area contributed by atoms with Crippen molar-refractivity contribution in [1.82, 2.24) is 4.90 Å². The van der Waals surface area contributed by atoms with E-state index in [1.54, 1.807) is 0 Å². The molecule has 0 unspecified atom stereocenters. The lowest BCUT2D eigenvalue weighted by molar-refractivity contribution is -0.121. The Kier molecular flexibility index (Phi) is 2.67. The summed E-state index contributed by atoms with van der Waals surface area (Å²) >= 11 is 0. The van der Waals surface area contributed by atoms with Gasteiger partial charge in [0.05, 0.1) is 0 Å². The SMILES string of the molecule is C=C(C)C(=O)N(C#N)C#N. The summed E-state index contributed by atoms with van der Waals surface area (Å²) in [5.41, 5.74) is 0.170. The predicted molar refractivity (Wildman–Crippen MR) is 32.9 cm³/mol. The van der Waals surface area contributed by atoms with Crippen molar-refractivity contribution in [3.8, 4) is 12.4 Å². The molecule has 0 heterocycles. The predicted octanol–water partition coefficient (Wildman–Crippen LogP) is 0.353. The van der Waals surface area contributed by atoms with Crippen molar-refractivity contribution >= 4 is 5.91 Å². The van der Waals surface area contributed by atoms with Crippen LogP contribution in [0.3, 0.4) is 0 Å². The summed E-state index contributed by atoms with van der Waals surface area (Å²) in [7, 11) is 0. The molecule has 0 radical (unpaired) electrons. The first-order valence-electron chi connectivity index (χ1n) is 2.43. The molecule has 0 spiro atoms. The first-order valence-corrected chi connectivity index (χ1v) is 2.43. The number of nitriles is 2. The van der Waals surface area contributed by atoms with Crippen LogP contribution in [0.2, 0.25) is 0 Å². The molecule has 4 nitrogen and oxygen atoms in total. The van der Waals surface area contributed by atoms with Gasteiger partial charge in [0.2, 0.25) is 12.4 Å². The average molecular weight is 135 g/mol. The second-order valence-electron chi connectivity index (χ2n) is 1.62. The highest BCUT2D eigenvalue weighted by molar-refractivity contribution is 5.94. The minimum atomic E-state index is -0.662. The van der Waals surface area contributed by atoms with Crippen molar-refractivity contribution in [2.75, 3.05) is 0 Å². The zero-order valence-corrected chi connectivity index (χ0v) is 5.46. The fourth-order valence-corrected chi connectivity index (χ4v) is 0.304. The van der Waals surface area contributed by atoms with Gasteiger partial charge in [0.1, 0.15) is 0 Å². The Morgan fingerprint density at radius 3 is 2.00 bits per heavy atom. The molecule has 0 fully saturated rings. The van der Waals surface area contributed by atoms with Crippen molar-refractivity contribution in [1.29, 1.82) is 10.5 Å². The lowest BCUT2D eigenvalue weighted by atomic mass is 10.3. The van der Waals surface area contributed by atoms with Crippen LogP contribution >= 0.6 is 0 Å². The smallest absolute Gasteiger partial charge is 0.267 e. The van der Waals surface area contributed by atoms with E-state index in [9.17, 15) is 4.79 Å². The first-order chi connectivity index (χ1) is 4.63. The molecule has 0 aromatic heterocycles. The number of nitrogens with zero attached hydrogens (tertiary/aromatic N) is 3. The molecule has 1 amide bonds. The summed E-state index contributed by atoms with van der Waals surface area (Å²) in [6.45, 7) is 4.71. The molecular formula is C6H5N3O. The number of hydrogen-bond donors (Lipinski definition) is 0. The first kappa shape index (κ1) is 8.19. The summed E-state index contributed by atoms with van der Waals surface area (Å²) in [6, 6.07) is 0. The van der Waals surface area contributed by atoms with E-state index in [4.69, 9.17) is 10.5 Å². The van der Waals surface area contributed by atoms with Crippen LogP contribution < -0.4 is 0 Å². The Morgan fingerprint density at radius 1 is 1.50 bits per heavy atom. The van der Waals surface area contributed by atoms with Crippen LogP contribution in [0, 0.1) is 22.9 Å². The van der Waals surface area contributed by atoms with Gasteiger partial charge in [0.15, 0.2) is 0 Å². The molecule has 0 aromatic rings. The van der Waals surface area contributed by atoms with Gasteiger partial charge in [0, 0.05) is 5.57 Å². The Balaban J connectivity index is 4.40. The van der Waals surface area contributed by atoms with E-state index in [2.05, 4.69) is 6.58 Å². The molecule has 4 heteroatoms. The Bertz CT molecular complexity index is 229. The minimum Gasteiger partial charge on any atom is -0.267 e. The molecule has 0 aromatic carbocycles. The van der Waals surface area contributed by atoms with E-state index in [1.165, 1.54) is 19.3 Å². The Morgan fingerprint density at radius 2 is 1.90 bits per heavy atom. The van der Waals surface area contributed by atoms with Crippen LogP contribution in [0.25, 0.3) is 0 Å². The van der Waals surface area contributed by atoms with Gasteiger partial charge in [-0.15, -0.1) is 4.90 Å². The molecule has 0 saturated heterocycles. The van der Waals surface area contributed by atoms with Crippen molar-refractivity contribution in [2.45, 2.75) is 6.92 Å². The van der Waals surface area contributed by atoms with Crippen LogP contribution in [0.5, 0.6) is 0 Å². The van der Waals surface area contributed by atoms with E-state index in [0.717, 1.165) is 0 Å². The van der Waals surface area contributed by atoms with Gasteiger partial charge in [-0.3, -0.25) is 4.79 Å². The third-order valence-corrected chi connectivity index (χ3v) is 0.768. The van der Waals surface area contributed by atoms with Gasteiger partial charge in [-0.1, -0.05) is 6.58 Å². The maximum atomic E-state index is 10.7. The molecule has 0 N–H and O–H groups in total. The van der Waals surface area contributed by atoms with E-state index < -0.39 is 5.91 Å². The third kappa shape index (κ3) is 1.61. The van der Waals surface area contributed by atoms with Crippen molar-refractivity contribution in [3.05, 3.63) is 12.2 Å². The van der Waals surface area contributed by atoms with Crippen LogP contribution in [-0.4, -0.2) is 10.8 Å². The molecule has 10 heavy (non-hydrogen) atoms. The fourth-order valence-electron chi connectivity index (χ4n) is 0.304. The fraction of sp³-hybridized carbons (Fsp3) is 0.167. The van der Waals surface area contributed by atoms with Gasteiger partial charge in [-0.05, 0) is 6.92 Å². The molecule has 0 rings (SSSR count). The number of carbonyl (C=O) groups is 1. The summed E-state index contributed by atoms with van der Waals surface area (Å²) in [6.07, 6.45) is 2.79. The normalized spacial score (nSPS) is 7.10. The molecular weight excluding hydrogens is 130 g/mol. The third-order valence-electron chi connectivity index (χ3n) is 0.768. The van der Waals surface area contributed by atoms with E-state index in [-0.39, 0.29) is 5.57 Å². The highest BCUT2D eigenvalue weighted by Gasteiger charge is 2.11. The number of hydrogen-bond acceptors (Lipinski definition) is 3. The lowest BCUT2D eigenvalue weighted by Crippen LogP contribution is -2.20. The molecule has 0 aliphatic heterocycles. The zero-order chi connectivity index (χ0) is 8.15. The van der Waals surface area contributed by atoms with Gasteiger partial charge < -0.3 is 0 Å². The van der Waals surface area contributed by atoms with Crippen LogP contribution in [0.15, 0.2) is 12.2 Å². The van der Waals surface area contributed by atoms with Crippen molar-refractivity contribution in [3.63, 3.8) is 0 Å². The second kappa shape index (κ2) is 3.26. The molecule has 0 saturated carbocycles. The topological polar surface area (TPSA) is 67.9 Å². The highest BCUT2D eigenvalue weighted by atomic mass is 16.2. The van der Waals surface area contributed by atoms with E-state index in [1.807, 2.05) is 0 Å². The highest BCUT2D eigenvalue weighted by Crippen LogP contribution is 1.94. The Labute approximate surface area is 58.6 Å². The summed E-state index contributed by atoms with van der Waals surface area (Å²) < 4.78 is 0. The molecule has 0 bridgehead atoms. The van der Waals surface area contributed by atoms with Crippen LogP contribution in [-0.2, 0) is 4.79 Å². The standard InChI is InChI=1S/C6H5N3O/c1-5(2)6(10)9(3-7)4-8/h1H2,2H3. The van der Waals surface area contributed by atoms with Crippen LogP contribution in [0.4, 0.5) is 0 Å². The quantitative estimate of drug-likeness (QED) is 0.296. The number of rotatable bonds is 1. The lowest BCUT2D eigenvalue weighted by Gasteiger charge is -1.99. The molecule has 0 aliphatic rings. The molecule has 50 valence electrons. The number of carbonyl (C=O) groups excluding carboxylic acids is 1. The monoisotopic (exact) mass is 135 g/mol. The minimum absolute atomic E-state index is 0.170. The van der Waals surface area contributed by atoms with Gasteiger partial charge >= 0.3 is 0 Å². The Hall–Kier alpha value is -1.81. The maximum Gasteiger partial charge on any atom is 0.275 e. The van der Waals surface area contributed by atoms with E-state index >= 15 is 0 Å². The second-order valence-corrected chi connectivity index (χ2v) is 1.62. The zero-order valence-electron chi connectivity index (χ0n) is 5.46.